The Labute approximate surface area is 154 Å². The second kappa shape index (κ2) is 6.84. The van der Waals surface area contributed by atoms with Gasteiger partial charge in [0.1, 0.15) is 17.9 Å². The van der Waals surface area contributed by atoms with E-state index in [1.54, 1.807) is 6.07 Å². The summed E-state index contributed by atoms with van der Waals surface area (Å²) in [6, 6.07) is 14.5. The minimum atomic E-state index is -0.371. The average molecular weight is 370 g/mol. The molecule has 1 aliphatic rings. The number of aryl methyl sites for hydroxylation is 1. The Morgan fingerprint density at radius 3 is 2.92 bits per heavy atom. The van der Waals surface area contributed by atoms with E-state index in [4.69, 9.17) is 25.6 Å². The highest BCUT2D eigenvalue weighted by molar-refractivity contribution is 6.34. The third-order valence-corrected chi connectivity index (χ3v) is 4.61. The maximum absolute atomic E-state index is 11.5. The van der Waals surface area contributed by atoms with Crippen molar-refractivity contribution in [3.63, 3.8) is 0 Å². The first-order chi connectivity index (χ1) is 12.6. The van der Waals surface area contributed by atoms with E-state index in [1.165, 1.54) is 6.07 Å². The number of benzene rings is 2. The van der Waals surface area contributed by atoms with Crippen LogP contribution in [0.1, 0.15) is 17.5 Å². The van der Waals surface area contributed by atoms with Crippen LogP contribution in [0.3, 0.4) is 0 Å². The molecule has 0 spiro atoms. The molecule has 1 aliphatic heterocycles. The molecule has 0 saturated heterocycles. The van der Waals surface area contributed by atoms with Gasteiger partial charge in [-0.2, -0.15) is 0 Å². The average Bonchev–Trinajstić information content (AvgIpc) is 3.08. The molecule has 2 aromatic carbocycles. The summed E-state index contributed by atoms with van der Waals surface area (Å²) in [6.07, 6.45) is 0.424. The predicted octanol–water partition coefficient (Wildman–Crippen LogP) is 4.33. The second-order valence-corrected chi connectivity index (χ2v) is 6.57. The molecule has 0 bridgehead atoms. The van der Waals surface area contributed by atoms with Gasteiger partial charge < -0.3 is 14.0 Å². The van der Waals surface area contributed by atoms with Gasteiger partial charge in [-0.15, -0.1) is 0 Å². The molecule has 26 heavy (non-hydrogen) atoms. The van der Waals surface area contributed by atoms with E-state index in [0.29, 0.717) is 29.4 Å². The highest BCUT2D eigenvalue weighted by Crippen LogP contribution is 2.25. The van der Waals surface area contributed by atoms with Crippen molar-refractivity contribution in [3.8, 4) is 5.75 Å². The van der Waals surface area contributed by atoms with Crippen molar-refractivity contribution >= 4 is 28.3 Å². The zero-order valence-corrected chi connectivity index (χ0v) is 14.8. The third kappa shape index (κ3) is 3.30. The van der Waals surface area contributed by atoms with Crippen molar-refractivity contribution in [2.45, 2.75) is 19.4 Å². The molecule has 0 N–H and O–H groups in total. The summed E-state index contributed by atoms with van der Waals surface area (Å²) in [7, 11) is 0. The molecule has 1 atom stereocenters. The molecule has 0 radical (unpaired) electrons. The molecular formula is C20H16ClNO4. The van der Waals surface area contributed by atoms with Crippen LogP contribution in [0.15, 0.2) is 62.9 Å². The lowest BCUT2D eigenvalue weighted by Gasteiger charge is -2.11. The predicted molar refractivity (Wildman–Crippen MR) is 100 cm³/mol. The molecule has 132 valence electrons. The lowest BCUT2D eigenvalue weighted by molar-refractivity contribution is 0.0471. The summed E-state index contributed by atoms with van der Waals surface area (Å²) in [6.45, 7) is 2.21. The van der Waals surface area contributed by atoms with Crippen LogP contribution in [0.4, 0.5) is 0 Å². The first-order valence-corrected chi connectivity index (χ1v) is 8.63. The van der Waals surface area contributed by atoms with Crippen LogP contribution in [0.25, 0.3) is 11.0 Å². The van der Waals surface area contributed by atoms with Crippen molar-refractivity contribution in [2.24, 2.45) is 5.16 Å². The van der Waals surface area contributed by atoms with E-state index < -0.39 is 0 Å². The van der Waals surface area contributed by atoms with Crippen molar-refractivity contribution < 1.29 is 14.0 Å². The van der Waals surface area contributed by atoms with E-state index in [2.05, 4.69) is 5.16 Å². The number of ether oxygens (including phenoxy) is 1. The van der Waals surface area contributed by atoms with Crippen LogP contribution in [-0.2, 0) is 4.84 Å². The van der Waals surface area contributed by atoms with E-state index >= 15 is 0 Å². The number of nitrogens with zero attached hydrogens (tertiary/aromatic N) is 1. The van der Waals surface area contributed by atoms with Gasteiger partial charge in [-0.1, -0.05) is 35.0 Å². The maximum atomic E-state index is 11.5. The van der Waals surface area contributed by atoms with E-state index in [-0.39, 0.29) is 11.7 Å². The van der Waals surface area contributed by atoms with Gasteiger partial charge >= 0.3 is 5.63 Å². The molecule has 2 heterocycles. The fourth-order valence-corrected chi connectivity index (χ4v) is 3.20. The molecule has 0 fully saturated rings. The number of hydrogen-bond acceptors (Lipinski definition) is 5. The standard InChI is InChI=1S/C20H16ClNO4/c1-12-8-20(23)25-19-10-13(6-7-15(12)19)24-11-14-9-18(22-26-14)16-4-2-3-5-17(16)21/h2-8,10,14H,9,11H2,1H3/t14-/m1/s1. The number of halogens is 1. The Hall–Kier alpha value is -2.79. The zero-order chi connectivity index (χ0) is 18.1. The van der Waals surface area contributed by atoms with Gasteiger partial charge in [-0.3, -0.25) is 0 Å². The number of oxime groups is 1. The fraction of sp³-hybridized carbons (Fsp3) is 0.200. The largest absolute Gasteiger partial charge is 0.489 e. The van der Waals surface area contributed by atoms with Crippen LogP contribution in [0.5, 0.6) is 5.75 Å². The number of rotatable bonds is 4. The Bertz CT molecular complexity index is 1060. The van der Waals surface area contributed by atoms with Gasteiger partial charge in [0.25, 0.3) is 0 Å². The monoisotopic (exact) mass is 369 g/mol. The second-order valence-electron chi connectivity index (χ2n) is 6.17. The summed E-state index contributed by atoms with van der Waals surface area (Å²) >= 11 is 6.20. The maximum Gasteiger partial charge on any atom is 0.336 e. The molecule has 0 amide bonds. The first-order valence-electron chi connectivity index (χ1n) is 8.25. The quantitative estimate of drug-likeness (QED) is 0.642. The van der Waals surface area contributed by atoms with Gasteiger partial charge in [0.15, 0.2) is 6.10 Å². The van der Waals surface area contributed by atoms with Crippen molar-refractivity contribution in [3.05, 3.63) is 75.1 Å². The Morgan fingerprint density at radius 2 is 2.08 bits per heavy atom. The van der Waals surface area contributed by atoms with Crippen molar-refractivity contribution in [2.75, 3.05) is 6.61 Å². The zero-order valence-electron chi connectivity index (χ0n) is 14.1. The van der Waals surface area contributed by atoms with E-state index in [1.807, 2.05) is 43.3 Å². The lowest BCUT2D eigenvalue weighted by atomic mass is 10.1. The number of fused-ring (bicyclic) bond motifs is 1. The topological polar surface area (TPSA) is 61.0 Å². The Balaban J connectivity index is 1.43. The summed E-state index contributed by atoms with van der Waals surface area (Å²) in [5.41, 5.74) is 2.69. The molecule has 0 aliphatic carbocycles. The molecular weight excluding hydrogens is 354 g/mol. The lowest BCUT2D eigenvalue weighted by Crippen LogP contribution is -2.18. The molecule has 4 rings (SSSR count). The minimum Gasteiger partial charge on any atom is -0.489 e. The van der Waals surface area contributed by atoms with Gasteiger partial charge in [-0.05, 0) is 30.7 Å². The van der Waals surface area contributed by atoms with Gasteiger partial charge in [0.2, 0.25) is 0 Å². The molecule has 0 unspecified atom stereocenters. The van der Waals surface area contributed by atoms with Gasteiger partial charge in [0.05, 0.1) is 5.71 Å². The highest BCUT2D eigenvalue weighted by atomic mass is 35.5. The summed E-state index contributed by atoms with van der Waals surface area (Å²) in [4.78, 5) is 17.0. The van der Waals surface area contributed by atoms with Crippen LogP contribution in [-0.4, -0.2) is 18.4 Å². The first kappa shape index (κ1) is 16.7. The van der Waals surface area contributed by atoms with Crippen LogP contribution in [0, 0.1) is 6.92 Å². The van der Waals surface area contributed by atoms with Crippen LogP contribution in [0.2, 0.25) is 5.02 Å². The van der Waals surface area contributed by atoms with Crippen molar-refractivity contribution in [1.29, 1.82) is 0 Å². The normalized spacial score (nSPS) is 16.4. The Kier molecular flexibility index (Phi) is 4.39. The SMILES string of the molecule is Cc1cc(=O)oc2cc(OC[C@H]3CC(c4ccccc4Cl)=NO3)ccc12. The van der Waals surface area contributed by atoms with E-state index in [0.717, 1.165) is 22.2 Å². The van der Waals surface area contributed by atoms with Gasteiger partial charge in [-0.25, -0.2) is 4.79 Å². The number of hydrogen-bond donors (Lipinski definition) is 0. The molecule has 5 nitrogen and oxygen atoms in total. The summed E-state index contributed by atoms with van der Waals surface area (Å²) < 4.78 is 11.0. The van der Waals surface area contributed by atoms with E-state index in [9.17, 15) is 4.79 Å². The third-order valence-electron chi connectivity index (χ3n) is 4.28. The highest BCUT2D eigenvalue weighted by Gasteiger charge is 2.24. The van der Waals surface area contributed by atoms with Gasteiger partial charge in [0, 0.05) is 34.5 Å². The smallest absolute Gasteiger partial charge is 0.336 e. The van der Waals surface area contributed by atoms with Crippen LogP contribution < -0.4 is 10.4 Å². The molecule has 1 aromatic heterocycles. The summed E-state index contributed by atoms with van der Waals surface area (Å²) in [5, 5.41) is 5.66. The molecule has 3 aromatic rings. The summed E-state index contributed by atoms with van der Waals surface area (Å²) in [5.74, 6) is 0.612. The Morgan fingerprint density at radius 1 is 1.23 bits per heavy atom. The fourth-order valence-electron chi connectivity index (χ4n) is 2.96. The molecule has 6 heteroatoms. The molecule has 0 saturated carbocycles. The minimum absolute atomic E-state index is 0.193. The van der Waals surface area contributed by atoms with Crippen molar-refractivity contribution in [1.82, 2.24) is 0 Å². The van der Waals surface area contributed by atoms with Crippen LogP contribution >= 0.6 is 11.6 Å².